The molecule has 0 fully saturated rings. The van der Waals surface area contributed by atoms with E-state index in [9.17, 15) is 14.4 Å². The summed E-state index contributed by atoms with van der Waals surface area (Å²) in [6.07, 6.45) is 0.288. The molecular formula is C21H22N2O3. The molecule has 2 aromatic carbocycles. The Morgan fingerprint density at radius 2 is 1.46 bits per heavy atom. The third-order valence-corrected chi connectivity index (χ3v) is 4.40. The zero-order valence-electron chi connectivity index (χ0n) is 14.9. The van der Waals surface area contributed by atoms with Crippen molar-refractivity contribution in [3.8, 4) is 0 Å². The molecule has 0 radical (unpaired) electrons. The lowest BCUT2D eigenvalue weighted by Gasteiger charge is -2.26. The van der Waals surface area contributed by atoms with Crippen molar-refractivity contribution in [3.05, 3.63) is 71.3 Å². The van der Waals surface area contributed by atoms with Crippen LogP contribution in [0.2, 0.25) is 0 Å². The van der Waals surface area contributed by atoms with Crippen LogP contribution in [0.5, 0.6) is 0 Å². The maximum atomic E-state index is 12.8. The van der Waals surface area contributed by atoms with Gasteiger partial charge in [0.15, 0.2) is 0 Å². The number of carbonyl (C=O) groups excluding carboxylic acids is 3. The molecule has 0 bridgehead atoms. The number of rotatable bonds is 6. The van der Waals surface area contributed by atoms with Crippen molar-refractivity contribution in [1.82, 2.24) is 10.2 Å². The highest BCUT2D eigenvalue weighted by molar-refractivity contribution is 6.22. The predicted molar refractivity (Wildman–Crippen MR) is 98.7 cm³/mol. The summed E-state index contributed by atoms with van der Waals surface area (Å²) in [6.45, 7) is 4.48. The molecular weight excluding hydrogens is 328 g/mol. The van der Waals surface area contributed by atoms with Gasteiger partial charge in [-0.15, -0.1) is 0 Å². The molecule has 1 heterocycles. The average molecular weight is 350 g/mol. The van der Waals surface area contributed by atoms with Gasteiger partial charge < -0.3 is 5.32 Å². The van der Waals surface area contributed by atoms with E-state index in [1.54, 1.807) is 24.3 Å². The Labute approximate surface area is 153 Å². The lowest BCUT2D eigenvalue weighted by atomic mass is 10.0. The van der Waals surface area contributed by atoms with Gasteiger partial charge in [-0.1, -0.05) is 56.3 Å². The lowest BCUT2D eigenvalue weighted by Crippen LogP contribution is -2.51. The van der Waals surface area contributed by atoms with Crippen LogP contribution in [0.15, 0.2) is 54.6 Å². The van der Waals surface area contributed by atoms with E-state index in [0.29, 0.717) is 17.7 Å². The van der Waals surface area contributed by atoms with Crippen molar-refractivity contribution in [3.63, 3.8) is 0 Å². The number of fused-ring (bicyclic) bond motifs is 1. The van der Waals surface area contributed by atoms with E-state index in [-0.39, 0.29) is 18.2 Å². The largest absolute Gasteiger partial charge is 0.354 e. The molecule has 26 heavy (non-hydrogen) atoms. The highest BCUT2D eigenvalue weighted by Gasteiger charge is 2.42. The summed E-state index contributed by atoms with van der Waals surface area (Å²) in [6, 6.07) is 15.2. The molecule has 1 N–H and O–H groups in total. The lowest BCUT2D eigenvalue weighted by molar-refractivity contribution is -0.125. The molecule has 2 aromatic rings. The normalized spacial score (nSPS) is 14.5. The standard InChI is InChI=1S/C21H22N2O3/c1-14(2)13-22-19(24)18(12-15-8-4-3-5-9-15)23-20(25)16-10-6-7-11-17(16)21(23)26/h3-11,14,18H,12-13H2,1-2H3,(H,22,24)/t18-/m0/s1. The van der Waals surface area contributed by atoms with E-state index in [4.69, 9.17) is 0 Å². The van der Waals surface area contributed by atoms with Gasteiger partial charge in [0, 0.05) is 13.0 Å². The molecule has 134 valence electrons. The fraction of sp³-hybridized carbons (Fsp3) is 0.286. The summed E-state index contributed by atoms with van der Waals surface area (Å²) in [5, 5.41) is 2.86. The molecule has 1 aliphatic heterocycles. The third kappa shape index (κ3) is 3.52. The number of hydrogen-bond donors (Lipinski definition) is 1. The first kappa shape index (κ1) is 17.9. The first-order chi connectivity index (χ1) is 12.5. The molecule has 0 aliphatic carbocycles. The van der Waals surface area contributed by atoms with Crippen molar-refractivity contribution in [1.29, 1.82) is 0 Å². The Morgan fingerprint density at radius 3 is 2.00 bits per heavy atom. The van der Waals surface area contributed by atoms with Crippen LogP contribution in [0.1, 0.15) is 40.1 Å². The molecule has 1 atom stereocenters. The number of benzene rings is 2. The molecule has 0 saturated carbocycles. The molecule has 0 saturated heterocycles. The van der Waals surface area contributed by atoms with E-state index in [0.717, 1.165) is 10.5 Å². The fourth-order valence-corrected chi connectivity index (χ4v) is 3.05. The molecule has 0 aromatic heterocycles. The van der Waals surface area contributed by atoms with E-state index in [1.807, 2.05) is 44.2 Å². The number of hydrogen-bond acceptors (Lipinski definition) is 3. The van der Waals surface area contributed by atoms with Gasteiger partial charge in [-0.3, -0.25) is 19.3 Å². The van der Waals surface area contributed by atoms with Crippen LogP contribution in [0.4, 0.5) is 0 Å². The smallest absolute Gasteiger partial charge is 0.262 e. The topological polar surface area (TPSA) is 66.5 Å². The first-order valence-corrected chi connectivity index (χ1v) is 8.77. The van der Waals surface area contributed by atoms with Crippen LogP contribution in [0, 0.1) is 5.92 Å². The van der Waals surface area contributed by atoms with Gasteiger partial charge in [-0.05, 0) is 23.6 Å². The summed E-state index contributed by atoms with van der Waals surface area (Å²) in [5.74, 6) is -0.854. The van der Waals surface area contributed by atoms with E-state index in [1.165, 1.54) is 0 Å². The van der Waals surface area contributed by atoms with Crippen LogP contribution in [-0.2, 0) is 11.2 Å². The van der Waals surface area contributed by atoms with Gasteiger partial charge >= 0.3 is 0 Å². The number of carbonyl (C=O) groups is 3. The minimum Gasteiger partial charge on any atom is -0.354 e. The van der Waals surface area contributed by atoms with Crippen molar-refractivity contribution >= 4 is 17.7 Å². The summed E-state index contributed by atoms with van der Waals surface area (Å²) < 4.78 is 0. The van der Waals surface area contributed by atoms with E-state index in [2.05, 4.69) is 5.32 Å². The predicted octanol–water partition coefficient (Wildman–Crippen LogP) is 2.67. The summed E-state index contributed by atoms with van der Waals surface area (Å²) in [4.78, 5) is 39.5. The number of amides is 3. The summed E-state index contributed by atoms with van der Waals surface area (Å²) >= 11 is 0. The first-order valence-electron chi connectivity index (χ1n) is 8.77. The van der Waals surface area contributed by atoms with Gasteiger partial charge in [0.05, 0.1) is 11.1 Å². The van der Waals surface area contributed by atoms with E-state index < -0.39 is 17.9 Å². The third-order valence-electron chi connectivity index (χ3n) is 4.40. The highest BCUT2D eigenvalue weighted by Crippen LogP contribution is 2.26. The van der Waals surface area contributed by atoms with Gasteiger partial charge in [-0.2, -0.15) is 0 Å². The second-order valence-corrected chi connectivity index (χ2v) is 6.87. The second-order valence-electron chi connectivity index (χ2n) is 6.87. The van der Waals surface area contributed by atoms with Gasteiger partial charge in [0.25, 0.3) is 11.8 Å². The Balaban J connectivity index is 1.91. The molecule has 1 aliphatic rings. The Hall–Kier alpha value is -2.95. The van der Waals surface area contributed by atoms with E-state index >= 15 is 0 Å². The minimum atomic E-state index is -0.872. The quantitative estimate of drug-likeness (QED) is 0.815. The Morgan fingerprint density at radius 1 is 0.923 bits per heavy atom. The number of nitrogens with zero attached hydrogens (tertiary/aromatic N) is 1. The molecule has 5 heteroatoms. The van der Waals surface area contributed by atoms with Crippen molar-refractivity contribution in [2.75, 3.05) is 6.54 Å². The zero-order chi connectivity index (χ0) is 18.7. The average Bonchev–Trinajstić information content (AvgIpc) is 2.90. The van der Waals surface area contributed by atoms with Crippen molar-refractivity contribution in [2.45, 2.75) is 26.3 Å². The maximum absolute atomic E-state index is 12.8. The monoisotopic (exact) mass is 350 g/mol. The second kappa shape index (κ2) is 7.52. The van der Waals surface area contributed by atoms with Crippen molar-refractivity contribution in [2.24, 2.45) is 5.92 Å². The SMILES string of the molecule is CC(C)CNC(=O)[C@H](Cc1ccccc1)N1C(=O)c2ccccc2C1=O. The van der Waals surface area contributed by atoms with Gasteiger partial charge in [0.1, 0.15) is 6.04 Å². The van der Waals surface area contributed by atoms with Crippen molar-refractivity contribution < 1.29 is 14.4 Å². The highest BCUT2D eigenvalue weighted by atomic mass is 16.2. The Bertz CT molecular complexity index is 795. The molecule has 0 spiro atoms. The summed E-state index contributed by atoms with van der Waals surface area (Å²) in [5.41, 5.74) is 1.60. The molecule has 3 rings (SSSR count). The van der Waals surface area contributed by atoms with Crippen LogP contribution >= 0.6 is 0 Å². The van der Waals surface area contributed by atoms with Crippen LogP contribution in [0.25, 0.3) is 0 Å². The van der Waals surface area contributed by atoms with Crippen LogP contribution in [-0.4, -0.2) is 35.2 Å². The van der Waals surface area contributed by atoms with Gasteiger partial charge in [0.2, 0.25) is 5.91 Å². The minimum absolute atomic E-state index is 0.276. The number of imide groups is 1. The summed E-state index contributed by atoms with van der Waals surface area (Å²) in [7, 11) is 0. The molecule has 3 amide bonds. The zero-order valence-corrected chi connectivity index (χ0v) is 14.9. The van der Waals surface area contributed by atoms with Gasteiger partial charge in [-0.25, -0.2) is 0 Å². The maximum Gasteiger partial charge on any atom is 0.262 e. The molecule has 5 nitrogen and oxygen atoms in total. The number of nitrogens with one attached hydrogen (secondary N) is 1. The molecule has 0 unspecified atom stereocenters. The Kier molecular flexibility index (Phi) is 5.16. The van der Waals surface area contributed by atoms with Crippen LogP contribution in [0.3, 0.4) is 0 Å². The fourth-order valence-electron chi connectivity index (χ4n) is 3.05. The van der Waals surface area contributed by atoms with Crippen LogP contribution < -0.4 is 5.32 Å².